The summed E-state index contributed by atoms with van der Waals surface area (Å²) in [6, 6.07) is 0. The predicted octanol–water partition coefficient (Wildman–Crippen LogP) is 3.06. The van der Waals surface area contributed by atoms with Crippen LogP contribution in [-0.2, 0) is 0 Å². The highest BCUT2D eigenvalue weighted by molar-refractivity contribution is 7.58. The van der Waals surface area contributed by atoms with Crippen molar-refractivity contribution in [2.45, 2.75) is 66.7 Å². The second-order valence-corrected chi connectivity index (χ2v) is 9.56. The molecule has 0 saturated carbocycles. The van der Waals surface area contributed by atoms with E-state index in [0.717, 1.165) is 12.3 Å². The van der Waals surface area contributed by atoms with Crippen molar-refractivity contribution < 1.29 is 5.06 Å². The number of hydroxylamine groups is 2. The van der Waals surface area contributed by atoms with E-state index < -0.39 is 0 Å². The van der Waals surface area contributed by atoms with Crippen molar-refractivity contribution >= 4 is 7.92 Å². The maximum Gasteiger partial charge on any atom is 0.110 e. The molecule has 2 unspecified atom stereocenters. The Labute approximate surface area is 103 Å². The summed E-state index contributed by atoms with van der Waals surface area (Å²) in [7, 11) is -0.161. The second kappa shape index (κ2) is 5.80. The fraction of sp³-hybridized carbons (Fsp3) is 1.00. The van der Waals surface area contributed by atoms with Gasteiger partial charge >= 0.3 is 0 Å². The molecule has 2 nitrogen and oxygen atoms in total. The molecule has 0 radical (unpaired) electrons. The first-order valence-electron chi connectivity index (χ1n) is 6.34. The quantitative estimate of drug-likeness (QED) is 0.600. The summed E-state index contributed by atoms with van der Waals surface area (Å²) < 4.78 is 0. The van der Waals surface area contributed by atoms with Crippen LogP contribution in [-0.4, -0.2) is 23.6 Å². The Morgan fingerprint density at radius 2 is 1.38 bits per heavy atom. The van der Waals surface area contributed by atoms with Crippen LogP contribution in [0.2, 0.25) is 0 Å². The first kappa shape index (κ1) is 16.4. The van der Waals surface area contributed by atoms with Crippen LogP contribution in [0.25, 0.3) is 0 Å². The van der Waals surface area contributed by atoms with Crippen molar-refractivity contribution in [2.75, 3.05) is 12.3 Å². The zero-order valence-corrected chi connectivity index (χ0v) is 13.2. The van der Waals surface area contributed by atoms with E-state index in [1.807, 2.05) is 20.8 Å². The van der Waals surface area contributed by atoms with Crippen molar-refractivity contribution in [3.8, 4) is 0 Å². The van der Waals surface area contributed by atoms with Crippen molar-refractivity contribution in [1.82, 2.24) is 0 Å². The molecule has 0 aliphatic heterocycles. The van der Waals surface area contributed by atoms with Crippen molar-refractivity contribution in [3.63, 3.8) is 0 Å². The molecule has 0 bridgehead atoms. The molecule has 0 spiro atoms. The van der Waals surface area contributed by atoms with Gasteiger partial charge in [-0.25, -0.2) is 0 Å². The van der Waals surface area contributed by atoms with Gasteiger partial charge in [-0.05, 0) is 41.0 Å². The molecule has 1 N–H and O–H groups in total. The van der Waals surface area contributed by atoms with Crippen LogP contribution in [0, 0.1) is 10.6 Å². The van der Waals surface area contributed by atoms with E-state index in [4.69, 9.17) is 0 Å². The molecule has 0 amide bonds. The summed E-state index contributed by atoms with van der Waals surface area (Å²) in [4.78, 5) is 0. The zero-order valence-electron chi connectivity index (χ0n) is 12.3. The molecule has 0 saturated heterocycles. The molecule has 0 aromatic rings. The van der Waals surface area contributed by atoms with Gasteiger partial charge in [0.2, 0.25) is 0 Å². The lowest BCUT2D eigenvalue weighted by Crippen LogP contribution is -3.19. The molecule has 16 heavy (non-hydrogen) atoms. The summed E-state index contributed by atoms with van der Waals surface area (Å²) in [6.07, 6.45) is 2.32. The summed E-state index contributed by atoms with van der Waals surface area (Å²) in [5.74, 6) is 0.248. The number of rotatable bonds is 4. The van der Waals surface area contributed by atoms with Gasteiger partial charge in [-0.2, -0.15) is 0 Å². The van der Waals surface area contributed by atoms with Crippen LogP contribution in [0.4, 0.5) is 0 Å². The lowest BCUT2D eigenvalue weighted by atomic mass is 9.94. The van der Waals surface area contributed by atoms with Gasteiger partial charge in [0.1, 0.15) is 5.78 Å². The Bertz CT molecular complexity index is 201. The fourth-order valence-electron chi connectivity index (χ4n) is 2.11. The standard InChI is InChI=1S/C13H30NOP/c1-9-16(10-2)11(12(3,4)5)14(15)13(6,7)8/h11,14H,9-10H2,1-8H3. The minimum absolute atomic E-state index is 0.0993. The van der Waals surface area contributed by atoms with Crippen molar-refractivity contribution in [1.29, 1.82) is 0 Å². The minimum Gasteiger partial charge on any atom is -0.633 e. The Hall–Kier alpha value is 0.350. The van der Waals surface area contributed by atoms with Crippen LogP contribution in [0.1, 0.15) is 55.4 Å². The number of hydrogen-bond acceptors (Lipinski definition) is 1. The van der Waals surface area contributed by atoms with E-state index in [1.165, 1.54) is 0 Å². The highest BCUT2D eigenvalue weighted by Crippen LogP contribution is 2.45. The molecule has 0 aromatic carbocycles. The van der Waals surface area contributed by atoms with Crippen LogP contribution < -0.4 is 5.06 Å². The van der Waals surface area contributed by atoms with E-state index in [2.05, 4.69) is 34.6 Å². The SMILES string of the molecule is CCP(CC)C([NH+]([O-])C(C)(C)C)C(C)(C)C. The van der Waals surface area contributed by atoms with Crippen LogP contribution in [0.15, 0.2) is 0 Å². The number of quaternary nitrogens is 1. The second-order valence-electron chi connectivity index (χ2n) is 6.60. The number of nitrogens with one attached hydrogen (secondary N) is 1. The monoisotopic (exact) mass is 247 g/mol. The average Bonchev–Trinajstić information content (AvgIpc) is 2.09. The smallest absolute Gasteiger partial charge is 0.110 e. The Morgan fingerprint density at radius 1 is 1.00 bits per heavy atom. The molecule has 2 atom stereocenters. The normalized spacial score (nSPS) is 17.6. The largest absolute Gasteiger partial charge is 0.633 e. The van der Waals surface area contributed by atoms with Gasteiger partial charge in [-0.3, -0.25) is 0 Å². The third-order valence-electron chi connectivity index (χ3n) is 2.99. The number of hydrogen-bond donors (Lipinski definition) is 1. The van der Waals surface area contributed by atoms with Crippen molar-refractivity contribution in [2.24, 2.45) is 5.41 Å². The maximum atomic E-state index is 12.6. The highest BCUT2D eigenvalue weighted by atomic mass is 31.1. The summed E-state index contributed by atoms with van der Waals surface area (Å²) in [5.41, 5.74) is -0.106. The zero-order chi connectivity index (χ0) is 13.1. The van der Waals surface area contributed by atoms with E-state index in [1.54, 1.807) is 0 Å². The minimum atomic E-state index is -0.205. The first-order chi connectivity index (χ1) is 7.05. The van der Waals surface area contributed by atoms with Gasteiger partial charge in [-0.1, -0.05) is 34.6 Å². The van der Waals surface area contributed by atoms with E-state index >= 15 is 0 Å². The van der Waals surface area contributed by atoms with Gasteiger partial charge in [-0.15, -0.1) is 0 Å². The molecular formula is C13H30NOP. The highest BCUT2D eigenvalue weighted by Gasteiger charge is 2.39. The van der Waals surface area contributed by atoms with E-state index in [-0.39, 0.29) is 24.7 Å². The molecule has 0 fully saturated rings. The molecule has 0 rings (SSSR count). The molecule has 3 heteroatoms. The summed E-state index contributed by atoms with van der Waals surface area (Å²) >= 11 is 0. The van der Waals surface area contributed by atoms with Gasteiger partial charge in [0.15, 0.2) is 0 Å². The molecule has 0 heterocycles. The van der Waals surface area contributed by atoms with E-state index in [0.29, 0.717) is 5.06 Å². The van der Waals surface area contributed by atoms with Gasteiger partial charge in [0.25, 0.3) is 0 Å². The van der Waals surface area contributed by atoms with Gasteiger partial charge < -0.3 is 10.3 Å². The van der Waals surface area contributed by atoms with Crippen LogP contribution >= 0.6 is 7.92 Å². The topological polar surface area (TPSA) is 27.5 Å². The molecule has 98 valence electrons. The molecular weight excluding hydrogens is 217 g/mol. The Balaban J connectivity index is 5.10. The lowest BCUT2D eigenvalue weighted by molar-refractivity contribution is -0.916. The third-order valence-corrected chi connectivity index (χ3v) is 6.35. The summed E-state index contributed by atoms with van der Waals surface area (Å²) in [5, 5.41) is 13.0. The van der Waals surface area contributed by atoms with Gasteiger partial charge in [0, 0.05) is 5.41 Å². The van der Waals surface area contributed by atoms with Gasteiger partial charge in [0.05, 0.1) is 5.54 Å². The third kappa shape index (κ3) is 4.31. The first-order valence-corrected chi connectivity index (χ1v) is 8.12. The fourth-order valence-corrected chi connectivity index (χ4v) is 5.10. The van der Waals surface area contributed by atoms with E-state index in [9.17, 15) is 5.21 Å². The predicted molar refractivity (Wildman–Crippen MR) is 75.3 cm³/mol. The average molecular weight is 247 g/mol. The summed E-state index contributed by atoms with van der Waals surface area (Å²) in [6.45, 7) is 17.2. The van der Waals surface area contributed by atoms with Crippen LogP contribution in [0.3, 0.4) is 0 Å². The lowest BCUT2D eigenvalue weighted by Gasteiger charge is -2.49. The molecule has 0 aromatic heterocycles. The van der Waals surface area contributed by atoms with Crippen LogP contribution in [0.5, 0.6) is 0 Å². The van der Waals surface area contributed by atoms with Crippen molar-refractivity contribution in [3.05, 3.63) is 5.21 Å². The Kier molecular flexibility index (Phi) is 5.92. The molecule has 0 aliphatic carbocycles. The molecule has 0 aliphatic rings. The maximum absolute atomic E-state index is 12.6. The Morgan fingerprint density at radius 3 is 1.56 bits per heavy atom.